The van der Waals surface area contributed by atoms with Gasteiger partial charge in [0.1, 0.15) is 0 Å². The first kappa shape index (κ1) is 21.3. The molecule has 0 N–H and O–H groups in total. The Morgan fingerprint density at radius 1 is 0.897 bits per heavy atom. The van der Waals surface area contributed by atoms with Crippen molar-refractivity contribution < 1.29 is 8.42 Å². The quantitative estimate of drug-likeness (QED) is 0.649. The third-order valence-electron chi connectivity index (χ3n) is 6.99. The van der Waals surface area contributed by atoms with Crippen LogP contribution >= 0.6 is 0 Å². The van der Waals surface area contributed by atoms with Crippen LogP contribution in [-0.2, 0) is 16.6 Å². The largest absolute Gasteiger partial charge is 0.300 e. The van der Waals surface area contributed by atoms with Crippen molar-refractivity contribution in [2.24, 2.45) is 5.92 Å². The van der Waals surface area contributed by atoms with Gasteiger partial charge in [0.15, 0.2) is 0 Å². The Labute approximate surface area is 177 Å². The van der Waals surface area contributed by atoms with E-state index in [4.69, 9.17) is 0 Å². The predicted octanol–water partition coefficient (Wildman–Crippen LogP) is 3.13. The third kappa shape index (κ3) is 5.40. The van der Waals surface area contributed by atoms with Gasteiger partial charge in [-0.25, -0.2) is 8.42 Å². The lowest BCUT2D eigenvalue weighted by molar-refractivity contribution is 0.124. The molecule has 0 bridgehead atoms. The summed E-state index contributed by atoms with van der Waals surface area (Å²) in [6, 6.07) is 9.36. The van der Waals surface area contributed by atoms with Crippen molar-refractivity contribution in [2.45, 2.75) is 51.5 Å². The minimum absolute atomic E-state index is 0.286. The Morgan fingerprint density at radius 2 is 1.55 bits per heavy atom. The van der Waals surface area contributed by atoms with E-state index in [1.807, 2.05) is 6.92 Å². The molecule has 2 aliphatic heterocycles. The summed E-state index contributed by atoms with van der Waals surface area (Å²) in [5, 5.41) is 0. The summed E-state index contributed by atoms with van der Waals surface area (Å²) in [6.45, 7) is 9.77. The fourth-order valence-electron chi connectivity index (χ4n) is 5.19. The van der Waals surface area contributed by atoms with Crippen LogP contribution in [0.1, 0.15) is 56.1 Å². The molecule has 0 radical (unpaired) electrons. The van der Waals surface area contributed by atoms with Gasteiger partial charge in [-0.2, -0.15) is 4.31 Å². The molecule has 2 saturated heterocycles. The van der Waals surface area contributed by atoms with E-state index in [0.29, 0.717) is 25.4 Å². The lowest BCUT2D eigenvalue weighted by atomic mass is 9.71. The lowest BCUT2D eigenvalue weighted by Gasteiger charge is -2.41. The van der Waals surface area contributed by atoms with Gasteiger partial charge in [0.2, 0.25) is 10.0 Å². The van der Waals surface area contributed by atoms with Crippen molar-refractivity contribution >= 4 is 10.0 Å². The summed E-state index contributed by atoms with van der Waals surface area (Å²) >= 11 is 0. The molecular formula is C23H37N3O2S. The molecule has 162 valence electrons. The number of piperazine rings is 1. The van der Waals surface area contributed by atoms with Crippen molar-refractivity contribution in [1.29, 1.82) is 0 Å². The maximum absolute atomic E-state index is 12.2. The number of likely N-dealkylation sites (tertiary alicyclic amines) is 1. The molecule has 2 heterocycles. The fraction of sp³-hybridized carbons (Fsp3) is 0.739. The zero-order chi connectivity index (χ0) is 20.3. The SMILES string of the molecule is CCCS(=O)(=O)N1CCN(CC2CC(c3ccc(CN4CCCC4)cc3)C2)CC1. The molecule has 1 aromatic carbocycles. The van der Waals surface area contributed by atoms with E-state index >= 15 is 0 Å². The molecule has 4 rings (SSSR count). The van der Waals surface area contributed by atoms with Gasteiger partial charge in [-0.3, -0.25) is 4.90 Å². The minimum atomic E-state index is -3.03. The Kier molecular flexibility index (Phi) is 6.94. The number of rotatable bonds is 8. The summed E-state index contributed by atoms with van der Waals surface area (Å²) in [6.07, 6.45) is 5.96. The first-order chi connectivity index (χ1) is 14.0. The van der Waals surface area contributed by atoms with Crippen LogP contribution in [0, 0.1) is 5.92 Å². The summed E-state index contributed by atoms with van der Waals surface area (Å²) in [5.41, 5.74) is 2.95. The normalized spacial score (nSPS) is 27.2. The molecule has 1 aromatic rings. The van der Waals surface area contributed by atoms with Crippen LogP contribution in [0.3, 0.4) is 0 Å². The second-order valence-electron chi connectivity index (χ2n) is 9.27. The molecule has 6 heteroatoms. The van der Waals surface area contributed by atoms with Gasteiger partial charge in [0.25, 0.3) is 0 Å². The Balaban J connectivity index is 1.18. The molecule has 0 atom stereocenters. The highest BCUT2D eigenvalue weighted by Gasteiger charge is 2.33. The van der Waals surface area contributed by atoms with Gasteiger partial charge in [0.05, 0.1) is 5.75 Å². The number of hydrogen-bond acceptors (Lipinski definition) is 4. The molecule has 3 fully saturated rings. The van der Waals surface area contributed by atoms with E-state index < -0.39 is 10.0 Å². The van der Waals surface area contributed by atoms with Crippen molar-refractivity contribution in [3.05, 3.63) is 35.4 Å². The standard InChI is InChI=1S/C23H37N3O2S/c1-2-15-29(27,28)26-13-11-25(12-14-26)19-21-16-23(17-21)22-7-5-20(6-8-22)18-24-9-3-4-10-24/h5-8,21,23H,2-4,9-19H2,1H3. The van der Waals surface area contributed by atoms with Gasteiger partial charge >= 0.3 is 0 Å². The number of sulfonamides is 1. The minimum Gasteiger partial charge on any atom is -0.300 e. The number of nitrogens with zero attached hydrogens (tertiary/aromatic N) is 3. The highest BCUT2D eigenvalue weighted by atomic mass is 32.2. The predicted molar refractivity (Wildman–Crippen MR) is 119 cm³/mol. The molecule has 0 unspecified atom stereocenters. The summed E-state index contributed by atoms with van der Waals surface area (Å²) in [5.74, 6) is 1.77. The van der Waals surface area contributed by atoms with Crippen molar-refractivity contribution in [3.8, 4) is 0 Å². The average Bonchev–Trinajstić information content (AvgIpc) is 3.19. The average molecular weight is 420 g/mol. The van der Waals surface area contributed by atoms with Gasteiger partial charge in [-0.15, -0.1) is 0 Å². The first-order valence-electron chi connectivity index (χ1n) is 11.5. The molecular weight excluding hydrogens is 382 g/mol. The zero-order valence-electron chi connectivity index (χ0n) is 17.9. The topological polar surface area (TPSA) is 43.9 Å². The molecule has 1 saturated carbocycles. The van der Waals surface area contributed by atoms with Crippen molar-refractivity contribution in [1.82, 2.24) is 14.1 Å². The lowest BCUT2D eigenvalue weighted by Crippen LogP contribution is -2.51. The second-order valence-corrected chi connectivity index (χ2v) is 11.4. The number of benzene rings is 1. The summed E-state index contributed by atoms with van der Waals surface area (Å²) < 4.78 is 26.1. The smallest absolute Gasteiger partial charge is 0.214 e. The van der Waals surface area contributed by atoms with E-state index in [1.165, 1.54) is 49.9 Å². The van der Waals surface area contributed by atoms with Crippen LogP contribution in [0.5, 0.6) is 0 Å². The van der Waals surface area contributed by atoms with Gasteiger partial charge in [0, 0.05) is 39.3 Å². The van der Waals surface area contributed by atoms with E-state index in [0.717, 1.165) is 32.1 Å². The van der Waals surface area contributed by atoms with Gasteiger partial charge in [-0.05, 0) is 68.2 Å². The van der Waals surface area contributed by atoms with E-state index in [1.54, 1.807) is 4.31 Å². The highest BCUT2D eigenvalue weighted by molar-refractivity contribution is 7.89. The van der Waals surface area contributed by atoms with Crippen LogP contribution in [0.2, 0.25) is 0 Å². The molecule has 1 aliphatic carbocycles. The Bertz CT molecular complexity index is 745. The highest BCUT2D eigenvalue weighted by Crippen LogP contribution is 2.42. The molecule has 0 spiro atoms. The maximum atomic E-state index is 12.2. The van der Waals surface area contributed by atoms with Crippen LogP contribution in [0.4, 0.5) is 0 Å². The zero-order valence-corrected chi connectivity index (χ0v) is 18.7. The number of hydrogen-bond donors (Lipinski definition) is 0. The van der Waals surface area contributed by atoms with Crippen LogP contribution in [0.15, 0.2) is 24.3 Å². The van der Waals surface area contributed by atoms with Crippen LogP contribution in [0.25, 0.3) is 0 Å². The van der Waals surface area contributed by atoms with Crippen molar-refractivity contribution in [3.63, 3.8) is 0 Å². The van der Waals surface area contributed by atoms with Crippen LogP contribution < -0.4 is 0 Å². The van der Waals surface area contributed by atoms with E-state index in [9.17, 15) is 8.42 Å². The second kappa shape index (κ2) is 9.46. The molecule has 29 heavy (non-hydrogen) atoms. The van der Waals surface area contributed by atoms with E-state index in [2.05, 4.69) is 34.1 Å². The van der Waals surface area contributed by atoms with Gasteiger partial charge in [-0.1, -0.05) is 31.2 Å². The molecule has 3 aliphatic rings. The molecule has 0 aromatic heterocycles. The van der Waals surface area contributed by atoms with Gasteiger partial charge < -0.3 is 4.90 Å². The first-order valence-corrected chi connectivity index (χ1v) is 13.2. The summed E-state index contributed by atoms with van der Waals surface area (Å²) in [4.78, 5) is 5.03. The van der Waals surface area contributed by atoms with Crippen LogP contribution in [-0.4, -0.2) is 74.1 Å². The van der Waals surface area contributed by atoms with E-state index in [-0.39, 0.29) is 5.75 Å². The Morgan fingerprint density at radius 3 is 2.17 bits per heavy atom. The maximum Gasteiger partial charge on any atom is 0.214 e. The monoisotopic (exact) mass is 419 g/mol. The third-order valence-corrected chi connectivity index (χ3v) is 9.07. The summed E-state index contributed by atoms with van der Waals surface area (Å²) in [7, 11) is -3.03. The molecule has 0 amide bonds. The Hall–Kier alpha value is -0.950. The fourth-order valence-corrected chi connectivity index (χ4v) is 6.69. The molecule has 5 nitrogen and oxygen atoms in total. The van der Waals surface area contributed by atoms with Crippen molar-refractivity contribution in [2.75, 3.05) is 51.6 Å².